The number of morpholine rings is 2. The van der Waals surface area contributed by atoms with Crippen LogP contribution in [0.5, 0.6) is 0 Å². The number of fused-ring (bicyclic) bond motifs is 2. The number of hydrogen-bond acceptors (Lipinski definition) is 14. The van der Waals surface area contributed by atoms with Crippen molar-refractivity contribution in [1.29, 1.82) is 0 Å². The Labute approximate surface area is 419 Å². The van der Waals surface area contributed by atoms with Crippen molar-refractivity contribution in [2.75, 3.05) is 119 Å². The maximum absolute atomic E-state index is 11.7. The van der Waals surface area contributed by atoms with Gasteiger partial charge in [-0.15, -0.1) is 10.2 Å². The molecule has 0 radical (unpaired) electrons. The summed E-state index contributed by atoms with van der Waals surface area (Å²) in [6.07, 6.45) is 10.1. The molecule has 342 valence electrons. The van der Waals surface area contributed by atoms with Gasteiger partial charge in [0.05, 0.1) is 38.9 Å². The van der Waals surface area contributed by atoms with E-state index in [4.69, 9.17) is 32.7 Å². The number of rotatable bonds is 7. The second-order valence-corrected chi connectivity index (χ2v) is 53.9. The summed E-state index contributed by atoms with van der Waals surface area (Å²) >= 11 is 21.6. The van der Waals surface area contributed by atoms with Crippen molar-refractivity contribution in [3.8, 4) is 0 Å². The zero-order valence-corrected chi connectivity index (χ0v) is 47.1. The summed E-state index contributed by atoms with van der Waals surface area (Å²) in [4.78, 5) is 27.7. The molecule has 0 N–H and O–H groups in total. The van der Waals surface area contributed by atoms with Crippen molar-refractivity contribution in [2.45, 2.75) is 25.8 Å². The van der Waals surface area contributed by atoms with Crippen LogP contribution in [-0.2, 0) is 41.0 Å². The number of aromatic nitrogens is 6. The summed E-state index contributed by atoms with van der Waals surface area (Å²) in [5.41, 5.74) is 3.37. The molecule has 8 heterocycles. The summed E-state index contributed by atoms with van der Waals surface area (Å²) in [5, 5.41) is 8.73. The predicted molar refractivity (Wildman–Crippen MR) is 271 cm³/mol. The standard InChI is InChI=1S/C16H23ClN6O3S.C11H11ClN4O2.C6H13NO2S.CH3I.3HI.V/c1-27(24,25)22-4-2-20(3-5-22)11-13-10-14-15(21-6-8-26-9-7-21)18-16(17)19-23(14)12-13;12-11-13-10(15-1-3-18-4-2-15)9-5-8(7-17)6-16(9)14-11;1-10(8,9)7-5-3-2-4-6-7;1-2;;;;/h10,12H,2-9,11H2,1H3;5-7H,1-4H2;2-6H2,1H3;1H3;3*1H;/q;;;;;;;+3/p-3. The van der Waals surface area contributed by atoms with Crippen molar-refractivity contribution in [1.82, 2.24) is 42.7 Å². The van der Waals surface area contributed by atoms with Gasteiger partial charge in [0.25, 0.3) is 0 Å². The van der Waals surface area contributed by atoms with Gasteiger partial charge in [-0.3, -0.25) is 9.69 Å². The second kappa shape index (κ2) is 26.6. The minimum absolute atomic E-state index is 0.164. The number of halogens is 6. The number of sulfonamides is 2. The Morgan fingerprint density at radius 3 is 1.52 bits per heavy atom. The number of aldehydes is 1. The van der Waals surface area contributed by atoms with Gasteiger partial charge in [0.2, 0.25) is 30.6 Å². The molecular formula is C34H50Cl2I4N11O7S2V. The number of carbonyl (C=O) groups excluding carboxylic acids is 1. The van der Waals surface area contributed by atoms with Gasteiger partial charge in [-0.2, -0.15) is 14.3 Å². The maximum atomic E-state index is 11.7. The molecule has 4 aliphatic heterocycles. The van der Waals surface area contributed by atoms with Gasteiger partial charge in [-0.25, -0.2) is 30.2 Å². The summed E-state index contributed by atoms with van der Waals surface area (Å²) < 4.78 is 62.3. The quantitative estimate of drug-likeness (QED) is 0.129. The Kier molecular flexibility index (Phi) is 23.5. The van der Waals surface area contributed by atoms with Crippen LogP contribution in [0, 0.1) is 0 Å². The van der Waals surface area contributed by atoms with Crippen LogP contribution in [-0.4, -0.2) is 175 Å². The summed E-state index contributed by atoms with van der Waals surface area (Å²) in [7, 11) is -6.00. The van der Waals surface area contributed by atoms with Crippen LogP contribution in [0.3, 0.4) is 0 Å². The van der Waals surface area contributed by atoms with Crippen molar-refractivity contribution < 1.29 is 36.0 Å². The topological polar surface area (TPSA) is 180 Å². The molecule has 4 aliphatic rings. The average Bonchev–Trinajstić information content (AvgIpc) is 3.85. The minimum atomic E-state index is -3.11. The molecule has 0 saturated carbocycles. The third-order valence-electron chi connectivity index (χ3n) is 9.66. The molecule has 61 heavy (non-hydrogen) atoms. The Balaban J connectivity index is 0.000000206. The number of carbonyl (C=O) groups is 1. The summed E-state index contributed by atoms with van der Waals surface area (Å²) in [5.74, 6) is 1.57. The molecule has 0 amide bonds. The van der Waals surface area contributed by atoms with E-state index < -0.39 is 20.0 Å². The Bertz CT molecular complexity index is 2220. The van der Waals surface area contributed by atoms with Gasteiger partial charge in [0, 0.05) is 89.9 Å². The summed E-state index contributed by atoms with van der Waals surface area (Å²) in [6.45, 7) is 10.4. The number of alkyl halides is 1. The van der Waals surface area contributed by atoms with Crippen molar-refractivity contribution in [3.63, 3.8) is 0 Å². The number of hydrogen-bond donors (Lipinski definition) is 0. The molecule has 0 aromatic carbocycles. The van der Waals surface area contributed by atoms with E-state index in [9.17, 15) is 21.6 Å². The molecule has 0 spiro atoms. The number of ether oxygens (including phenoxy) is 2. The molecule has 4 fully saturated rings. The first-order valence-electron chi connectivity index (χ1n) is 19.0. The van der Waals surface area contributed by atoms with Crippen LogP contribution in [0.2, 0.25) is 10.6 Å². The number of piperidine rings is 1. The number of anilines is 2. The molecule has 8 rings (SSSR count). The third kappa shape index (κ3) is 17.5. The van der Waals surface area contributed by atoms with Gasteiger partial charge < -0.3 is 19.3 Å². The summed E-state index contributed by atoms with van der Waals surface area (Å²) in [6, 6.07) is 3.85. The van der Waals surface area contributed by atoms with E-state index in [1.54, 1.807) is 25.6 Å². The van der Waals surface area contributed by atoms with E-state index in [-0.39, 0.29) is 15.5 Å². The van der Waals surface area contributed by atoms with E-state index in [1.807, 2.05) is 11.1 Å². The fourth-order valence-electron chi connectivity index (χ4n) is 6.83. The molecule has 4 aromatic rings. The van der Waals surface area contributed by atoms with E-state index in [0.29, 0.717) is 58.2 Å². The molecule has 4 saturated heterocycles. The van der Waals surface area contributed by atoms with Gasteiger partial charge in [-0.1, -0.05) is 29.0 Å². The van der Waals surface area contributed by atoms with E-state index in [2.05, 4.69) is 123 Å². The van der Waals surface area contributed by atoms with E-state index in [0.717, 1.165) is 93.2 Å². The Hall–Kier alpha value is 0.294. The van der Waals surface area contributed by atoms with Crippen molar-refractivity contribution in [2.24, 2.45) is 0 Å². The van der Waals surface area contributed by atoms with Crippen LogP contribution >= 0.6 is 106 Å². The first-order chi connectivity index (χ1) is 29.0. The zero-order chi connectivity index (χ0) is 44.7. The van der Waals surface area contributed by atoms with Gasteiger partial charge >= 0.3 is 64.9 Å². The van der Waals surface area contributed by atoms with E-state index in [1.165, 1.54) is 23.2 Å². The second-order valence-electron chi connectivity index (χ2n) is 13.9. The monoisotopic (exact) mass is 1420 g/mol. The van der Waals surface area contributed by atoms with Gasteiger partial charge in [0.1, 0.15) is 11.0 Å². The SMILES string of the molecule is CI.CS(=O)(=O)N1CCCCC1.CS(=O)(=O)N1CCN(Cc2cc3c(N4CCOCC4)nc(Cl)nn3c2)CC1.O=Cc1cc2c(N3CCOCC3)nc(Cl)nn2c1.[I][V]([I])[I]. The first kappa shape index (κ1) is 53.9. The van der Waals surface area contributed by atoms with Gasteiger partial charge in [-0.05, 0) is 58.7 Å². The number of nitrogens with zero attached hydrogens (tertiary/aromatic N) is 11. The molecule has 0 bridgehead atoms. The van der Waals surface area contributed by atoms with Crippen LogP contribution in [0.15, 0.2) is 24.5 Å². The van der Waals surface area contributed by atoms with Crippen LogP contribution in [0.1, 0.15) is 35.2 Å². The zero-order valence-electron chi connectivity index (χ0n) is 33.9. The molecule has 18 nitrogen and oxygen atoms in total. The van der Waals surface area contributed by atoms with Crippen LogP contribution in [0.25, 0.3) is 11.0 Å². The third-order valence-corrected chi connectivity index (χ3v) is 12.6. The van der Waals surface area contributed by atoms with Crippen LogP contribution < -0.4 is 9.80 Å². The molecule has 0 unspecified atom stereocenters. The Morgan fingerprint density at radius 1 is 0.672 bits per heavy atom. The first-order valence-corrected chi connectivity index (χ1v) is 39.1. The average molecular weight is 1420 g/mol. The van der Waals surface area contributed by atoms with Crippen molar-refractivity contribution >= 4 is 155 Å². The molecular weight excluding hydrogens is 1370 g/mol. The Morgan fingerprint density at radius 2 is 1.10 bits per heavy atom. The fraction of sp³-hybridized carbons (Fsp3) is 0.618. The van der Waals surface area contributed by atoms with Crippen LogP contribution in [0.4, 0.5) is 11.6 Å². The molecule has 27 heteroatoms. The fourth-order valence-corrected chi connectivity index (χ4v) is 8.90. The molecule has 0 atom stereocenters. The predicted octanol–water partition coefficient (Wildman–Crippen LogP) is 5.47. The number of piperazine rings is 1. The molecule has 0 aliphatic carbocycles. The normalized spacial score (nSPS) is 18.3. The van der Waals surface area contributed by atoms with E-state index >= 15 is 0 Å². The van der Waals surface area contributed by atoms with Gasteiger partial charge in [0.15, 0.2) is 17.9 Å². The molecule has 4 aromatic heterocycles. The van der Waals surface area contributed by atoms with Crippen molar-refractivity contribution in [3.05, 3.63) is 46.2 Å².